The highest BCUT2D eigenvalue weighted by atomic mass is 16.2. The highest BCUT2D eigenvalue weighted by Gasteiger charge is 2.26. The van der Waals surface area contributed by atoms with E-state index >= 15 is 0 Å². The van der Waals surface area contributed by atoms with E-state index in [-0.39, 0.29) is 5.91 Å². The lowest BCUT2D eigenvalue weighted by atomic mass is 10.1. The average Bonchev–Trinajstić information content (AvgIpc) is 3.53. The summed E-state index contributed by atoms with van der Waals surface area (Å²) >= 11 is 0. The SMILES string of the molecule is O=C(c1ccc(-c2cn[nH]n2)nn1)N1CCc2nc(NC3Cc4ccccc4C3)ncc2C1. The third-order valence-corrected chi connectivity index (χ3v) is 6.17. The van der Waals surface area contributed by atoms with Crippen LogP contribution >= 0.6 is 0 Å². The molecular weight excluding hydrogens is 418 g/mol. The number of H-pyrrole nitrogens is 1. The molecule has 1 aliphatic heterocycles. The van der Waals surface area contributed by atoms with Crippen molar-refractivity contribution in [3.05, 3.63) is 76.9 Å². The molecular formula is C23H21N9O. The number of rotatable bonds is 4. The van der Waals surface area contributed by atoms with Crippen LogP contribution in [0.4, 0.5) is 5.95 Å². The van der Waals surface area contributed by atoms with E-state index in [0.717, 1.165) is 24.1 Å². The van der Waals surface area contributed by atoms with Gasteiger partial charge < -0.3 is 10.2 Å². The number of benzene rings is 1. The second kappa shape index (κ2) is 8.05. The third-order valence-electron chi connectivity index (χ3n) is 6.17. The average molecular weight is 439 g/mol. The number of aromatic nitrogens is 7. The van der Waals surface area contributed by atoms with E-state index in [1.807, 2.05) is 6.20 Å². The topological polar surface area (TPSA) is 125 Å². The lowest BCUT2D eigenvalue weighted by molar-refractivity contribution is 0.0726. The molecule has 3 aromatic heterocycles. The van der Waals surface area contributed by atoms with Gasteiger partial charge in [0.25, 0.3) is 5.91 Å². The molecule has 1 amide bonds. The number of carbonyl (C=O) groups excluding carboxylic acids is 1. The van der Waals surface area contributed by atoms with Crippen molar-refractivity contribution in [2.75, 3.05) is 11.9 Å². The fourth-order valence-electron chi connectivity index (χ4n) is 4.47. The molecule has 2 aliphatic rings. The lowest BCUT2D eigenvalue weighted by Crippen LogP contribution is -2.37. The molecule has 0 bridgehead atoms. The first-order valence-corrected chi connectivity index (χ1v) is 10.9. The highest BCUT2D eigenvalue weighted by Crippen LogP contribution is 2.25. The minimum atomic E-state index is -0.161. The van der Waals surface area contributed by atoms with E-state index in [0.29, 0.717) is 48.6 Å². The molecule has 4 aromatic rings. The maximum absolute atomic E-state index is 12.9. The standard InChI is InChI=1S/C23H21N9O/c33-22(20-6-5-19(28-29-20)21-12-25-31-30-21)32-8-7-18-16(13-32)11-24-23(27-18)26-17-9-14-3-1-2-4-15(14)10-17/h1-6,11-12,17H,7-10,13H2,(H,24,26,27)(H,25,30,31). The van der Waals surface area contributed by atoms with E-state index in [1.54, 1.807) is 23.2 Å². The second-order valence-electron chi connectivity index (χ2n) is 8.32. The normalized spacial score (nSPS) is 15.2. The molecule has 0 saturated carbocycles. The predicted octanol–water partition coefficient (Wildman–Crippen LogP) is 1.83. The van der Waals surface area contributed by atoms with Crippen molar-refractivity contribution in [1.82, 2.24) is 40.5 Å². The van der Waals surface area contributed by atoms with Gasteiger partial charge in [-0.1, -0.05) is 24.3 Å². The third kappa shape index (κ3) is 3.79. The maximum atomic E-state index is 12.9. The van der Waals surface area contributed by atoms with E-state index < -0.39 is 0 Å². The Morgan fingerprint density at radius 1 is 1.00 bits per heavy atom. The molecule has 0 atom stereocenters. The van der Waals surface area contributed by atoms with Crippen LogP contribution in [0.2, 0.25) is 0 Å². The van der Waals surface area contributed by atoms with Gasteiger partial charge in [-0.3, -0.25) is 4.79 Å². The lowest BCUT2D eigenvalue weighted by Gasteiger charge is -2.28. The Morgan fingerprint density at radius 3 is 2.58 bits per heavy atom. The number of nitrogens with zero attached hydrogens (tertiary/aromatic N) is 7. The van der Waals surface area contributed by atoms with Gasteiger partial charge in [0.05, 0.1) is 11.9 Å². The largest absolute Gasteiger partial charge is 0.351 e. The number of hydrogen-bond acceptors (Lipinski definition) is 8. The van der Waals surface area contributed by atoms with E-state index in [2.05, 4.69) is 60.2 Å². The molecule has 6 rings (SSSR count). The van der Waals surface area contributed by atoms with Gasteiger partial charge in [-0.05, 0) is 36.1 Å². The molecule has 2 N–H and O–H groups in total. The van der Waals surface area contributed by atoms with Crippen LogP contribution in [0.25, 0.3) is 11.4 Å². The zero-order valence-corrected chi connectivity index (χ0v) is 17.8. The molecule has 33 heavy (non-hydrogen) atoms. The number of amides is 1. The first kappa shape index (κ1) is 19.5. The number of nitrogens with one attached hydrogen (secondary N) is 2. The zero-order valence-electron chi connectivity index (χ0n) is 17.8. The van der Waals surface area contributed by atoms with Gasteiger partial charge in [-0.15, -0.1) is 10.2 Å². The molecule has 1 aromatic carbocycles. The Morgan fingerprint density at radius 2 is 1.85 bits per heavy atom. The number of anilines is 1. The number of aromatic amines is 1. The van der Waals surface area contributed by atoms with Crippen LogP contribution in [-0.2, 0) is 25.8 Å². The summed E-state index contributed by atoms with van der Waals surface area (Å²) in [6.07, 6.45) is 6.02. The van der Waals surface area contributed by atoms with E-state index in [9.17, 15) is 4.79 Å². The molecule has 0 fully saturated rings. The van der Waals surface area contributed by atoms with Crippen LogP contribution < -0.4 is 5.32 Å². The van der Waals surface area contributed by atoms with Crippen LogP contribution in [0.5, 0.6) is 0 Å². The quantitative estimate of drug-likeness (QED) is 0.493. The first-order valence-electron chi connectivity index (χ1n) is 10.9. The van der Waals surface area contributed by atoms with Crippen molar-refractivity contribution in [1.29, 1.82) is 0 Å². The molecule has 10 heteroatoms. The van der Waals surface area contributed by atoms with Crippen LogP contribution in [0.3, 0.4) is 0 Å². The summed E-state index contributed by atoms with van der Waals surface area (Å²) < 4.78 is 0. The van der Waals surface area contributed by atoms with Gasteiger partial charge in [0.2, 0.25) is 5.95 Å². The van der Waals surface area contributed by atoms with Crippen LogP contribution in [0, 0.1) is 0 Å². The molecule has 0 saturated heterocycles. The Labute approximate surface area is 189 Å². The molecule has 10 nitrogen and oxygen atoms in total. The van der Waals surface area contributed by atoms with Crippen molar-refractivity contribution >= 4 is 11.9 Å². The summed E-state index contributed by atoms with van der Waals surface area (Å²) in [5, 5.41) is 21.9. The Kier molecular flexibility index (Phi) is 4.75. The summed E-state index contributed by atoms with van der Waals surface area (Å²) in [5.41, 5.74) is 6.16. The molecule has 1 aliphatic carbocycles. The first-order chi connectivity index (χ1) is 16.2. The molecule has 0 spiro atoms. The summed E-state index contributed by atoms with van der Waals surface area (Å²) in [7, 11) is 0. The molecule has 164 valence electrons. The number of fused-ring (bicyclic) bond motifs is 2. The monoisotopic (exact) mass is 439 g/mol. The van der Waals surface area contributed by atoms with Gasteiger partial charge in [0.15, 0.2) is 5.69 Å². The summed E-state index contributed by atoms with van der Waals surface area (Å²) in [6.45, 7) is 1.03. The van der Waals surface area contributed by atoms with E-state index in [4.69, 9.17) is 4.98 Å². The van der Waals surface area contributed by atoms with Gasteiger partial charge >= 0.3 is 0 Å². The van der Waals surface area contributed by atoms with Crippen molar-refractivity contribution in [3.8, 4) is 11.4 Å². The molecule has 4 heterocycles. The minimum absolute atomic E-state index is 0.161. The highest BCUT2D eigenvalue weighted by molar-refractivity contribution is 5.92. The van der Waals surface area contributed by atoms with Crippen LogP contribution in [0.15, 0.2) is 48.8 Å². The summed E-state index contributed by atoms with van der Waals surface area (Å²) in [5.74, 6) is 0.492. The summed E-state index contributed by atoms with van der Waals surface area (Å²) in [6, 6.07) is 12.2. The van der Waals surface area contributed by atoms with Gasteiger partial charge in [0.1, 0.15) is 11.4 Å². The van der Waals surface area contributed by atoms with Gasteiger partial charge in [0, 0.05) is 37.3 Å². The van der Waals surface area contributed by atoms with E-state index in [1.165, 1.54) is 11.1 Å². The summed E-state index contributed by atoms with van der Waals surface area (Å²) in [4.78, 5) is 24.0. The predicted molar refractivity (Wildman–Crippen MR) is 119 cm³/mol. The minimum Gasteiger partial charge on any atom is -0.351 e. The van der Waals surface area contributed by atoms with Crippen molar-refractivity contribution in [3.63, 3.8) is 0 Å². The Hall–Kier alpha value is -4.21. The van der Waals surface area contributed by atoms with Gasteiger partial charge in [-0.2, -0.15) is 15.4 Å². The second-order valence-corrected chi connectivity index (χ2v) is 8.32. The maximum Gasteiger partial charge on any atom is 0.274 e. The van der Waals surface area contributed by atoms with Gasteiger partial charge in [-0.25, -0.2) is 9.97 Å². The van der Waals surface area contributed by atoms with Crippen molar-refractivity contribution in [2.45, 2.75) is 31.8 Å². The van der Waals surface area contributed by atoms with Crippen LogP contribution in [-0.4, -0.2) is 59.0 Å². The fraction of sp³-hybridized carbons (Fsp3) is 0.261. The van der Waals surface area contributed by atoms with Crippen molar-refractivity contribution in [2.24, 2.45) is 0 Å². The van der Waals surface area contributed by atoms with Crippen LogP contribution in [0.1, 0.15) is 32.9 Å². The Balaban J connectivity index is 1.12. The number of carbonyl (C=O) groups is 1. The molecule has 0 unspecified atom stereocenters. The molecule has 0 radical (unpaired) electrons. The number of hydrogen-bond donors (Lipinski definition) is 2. The zero-order chi connectivity index (χ0) is 22.2. The Bertz CT molecular complexity index is 1280. The smallest absolute Gasteiger partial charge is 0.274 e. The fourth-order valence-corrected chi connectivity index (χ4v) is 4.47. The van der Waals surface area contributed by atoms with Crippen molar-refractivity contribution < 1.29 is 4.79 Å².